The highest BCUT2D eigenvalue weighted by molar-refractivity contribution is 5.72. The number of aromatic amines is 1. The van der Waals surface area contributed by atoms with Crippen molar-refractivity contribution in [3.63, 3.8) is 0 Å². The Bertz CT molecular complexity index is 550. The molecule has 0 aliphatic heterocycles. The van der Waals surface area contributed by atoms with Crippen LogP contribution < -0.4 is 5.43 Å². The Morgan fingerprint density at radius 3 is 2.45 bits per heavy atom. The van der Waals surface area contributed by atoms with E-state index in [1.807, 2.05) is 0 Å². The minimum Gasteiger partial charge on any atom is -0.466 e. The van der Waals surface area contributed by atoms with E-state index in [2.05, 4.69) is 4.74 Å². The average molecular weight is 299 g/mol. The van der Waals surface area contributed by atoms with E-state index in [1.165, 1.54) is 6.92 Å². The van der Waals surface area contributed by atoms with Crippen molar-refractivity contribution in [3.8, 4) is 0 Å². The monoisotopic (exact) mass is 299 g/mol. The van der Waals surface area contributed by atoms with Crippen LogP contribution in [-0.2, 0) is 22.1 Å². The minimum atomic E-state index is -5.25. The van der Waals surface area contributed by atoms with Gasteiger partial charge in [-0.3, -0.25) is 9.59 Å². The van der Waals surface area contributed by atoms with E-state index < -0.39 is 47.2 Å². The maximum Gasteiger partial charge on any atom is 0.422 e. The molecule has 1 aromatic rings. The fraction of sp³-hybridized carbons (Fsp3) is 0.455. The second kappa shape index (κ2) is 6.02. The first kappa shape index (κ1) is 16.1. The molecule has 0 aliphatic rings. The molecule has 0 saturated carbocycles. The summed E-state index contributed by atoms with van der Waals surface area (Å²) in [4.78, 5) is 24.5. The third kappa shape index (κ3) is 3.55. The van der Waals surface area contributed by atoms with Crippen molar-refractivity contribution in [1.82, 2.24) is 4.98 Å². The van der Waals surface area contributed by atoms with Gasteiger partial charge in [-0.25, -0.2) is 8.78 Å². The lowest BCUT2D eigenvalue weighted by Crippen LogP contribution is -2.27. The summed E-state index contributed by atoms with van der Waals surface area (Å²) >= 11 is 0. The van der Waals surface area contributed by atoms with Gasteiger partial charge in [0.05, 0.1) is 18.7 Å². The zero-order valence-electron chi connectivity index (χ0n) is 10.2. The Kier molecular flexibility index (Phi) is 4.85. The first-order chi connectivity index (χ1) is 9.18. The fourth-order valence-electron chi connectivity index (χ4n) is 1.54. The highest BCUT2D eigenvalue weighted by atomic mass is 19.4. The normalized spacial score (nSPS) is 11.8. The number of H-pyrrole nitrogens is 1. The molecule has 0 aromatic carbocycles. The Balaban J connectivity index is 3.32. The Morgan fingerprint density at radius 1 is 1.40 bits per heavy atom. The van der Waals surface area contributed by atoms with Gasteiger partial charge in [0.1, 0.15) is 5.56 Å². The molecule has 0 saturated heterocycles. The van der Waals surface area contributed by atoms with Crippen molar-refractivity contribution >= 4 is 5.97 Å². The second-order valence-electron chi connectivity index (χ2n) is 3.71. The molecule has 0 unspecified atom stereocenters. The molecule has 0 radical (unpaired) electrons. The molecule has 20 heavy (non-hydrogen) atoms. The number of carbonyl (C=O) groups excluding carboxylic acids is 1. The lowest BCUT2D eigenvalue weighted by molar-refractivity contribution is -0.143. The Hall–Kier alpha value is -1.93. The smallest absolute Gasteiger partial charge is 0.422 e. The quantitative estimate of drug-likeness (QED) is 0.686. The summed E-state index contributed by atoms with van der Waals surface area (Å²) in [5.41, 5.74) is -5.75. The van der Waals surface area contributed by atoms with Gasteiger partial charge in [0.25, 0.3) is 6.43 Å². The van der Waals surface area contributed by atoms with E-state index in [0.717, 1.165) is 0 Å². The summed E-state index contributed by atoms with van der Waals surface area (Å²) in [7, 11) is 0. The predicted molar refractivity (Wildman–Crippen MR) is 57.4 cm³/mol. The van der Waals surface area contributed by atoms with Crippen LogP contribution in [0.4, 0.5) is 22.0 Å². The maximum absolute atomic E-state index is 12.7. The van der Waals surface area contributed by atoms with Crippen molar-refractivity contribution in [3.05, 3.63) is 33.2 Å². The summed E-state index contributed by atoms with van der Waals surface area (Å²) in [6.45, 7) is 1.46. The van der Waals surface area contributed by atoms with Crippen molar-refractivity contribution in [2.75, 3.05) is 6.61 Å². The number of carbonyl (C=O) groups is 1. The van der Waals surface area contributed by atoms with Crippen LogP contribution in [0.1, 0.15) is 30.2 Å². The molecule has 0 atom stereocenters. The molecule has 1 N–H and O–H groups in total. The number of esters is 1. The molecule has 1 heterocycles. The molecule has 1 rings (SSSR count). The Labute approximate surface area is 109 Å². The summed E-state index contributed by atoms with van der Waals surface area (Å²) in [5, 5.41) is 0. The largest absolute Gasteiger partial charge is 0.466 e. The summed E-state index contributed by atoms with van der Waals surface area (Å²) in [6.07, 6.45) is -8.80. The van der Waals surface area contributed by atoms with Gasteiger partial charge in [-0.15, -0.1) is 0 Å². The molecular formula is C11H10F5NO3. The third-order valence-corrected chi connectivity index (χ3v) is 2.33. The maximum atomic E-state index is 12.7. The predicted octanol–water partition coefficient (Wildman–Crippen LogP) is 2.44. The topological polar surface area (TPSA) is 59.2 Å². The van der Waals surface area contributed by atoms with E-state index >= 15 is 0 Å². The van der Waals surface area contributed by atoms with Gasteiger partial charge in [0.2, 0.25) is 0 Å². The van der Waals surface area contributed by atoms with Gasteiger partial charge in [-0.1, -0.05) is 0 Å². The zero-order chi connectivity index (χ0) is 15.5. The van der Waals surface area contributed by atoms with Crippen molar-refractivity contribution in [2.24, 2.45) is 0 Å². The van der Waals surface area contributed by atoms with Crippen LogP contribution in [0.5, 0.6) is 0 Å². The lowest BCUT2D eigenvalue weighted by Gasteiger charge is -2.13. The van der Waals surface area contributed by atoms with Gasteiger partial charge in [-0.05, 0) is 6.92 Å². The van der Waals surface area contributed by atoms with Gasteiger partial charge in [0.15, 0.2) is 5.43 Å². The Morgan fingerprint density at radius 2 is 2.00 bits per heavy atom. The fourth-order valence-corrected chi connectivity index (χ4v) is 1.54. The van der Waals surface area contributed by atoms with Gasteiger partial charge in [0, 0.05) is 11.8 Å². The standard InChI is InChI=1S/C11H10F5NO3/c1-2-20-6(18)3-5-4-17-8(10(12)13)7(9(5)19)11(14,15)16/h4,10H,2-3H2,1H3,(H,17,19). The molecule has 0 aliphatic carbocycles. The summed E-state index contributed by atoms with van der Waals surface area (Å²) in [5.74, 6) is -0.920. The van der Waals surface area contributed by atoms with Crippen LogP contribution in [0, 0.1) is 0 Å². The van der Waals surface area contributed by atoms with E-state index in [4.69, 9.17) is 0 Å². The minimum absolute atomic E-state index is 0.0159. The van der Waals surface area contributed by atoms with Crippen LogP contribution in [0.2, 0.25) is 0 Å². The molecule has 0 amide bonds. The summed E-state index contributed by atoms with van der Waals surface area (Å²) in [6, 6.07) is 0. The molecule has 0 spiro atoms. The number of hydrogen-bond donors (Lipinski definition) is 1. The van der Waals surface area contributed by atoms with E-state index in [-0.39, 0.29) is 6.61 Å². The van der Waals surface area contributed by atoms with Crippen molar-refractivity contribution < 1.29 is 31.5 Å². The average Bonchev–Trinajstić information content (AvgIpc) is 2.29. The molecule has 1 aromatic heterocycles. The van der Waals surface area contributed by atoms with Crippen LogP contribution in [0.25, 0.3) is 0 Å². The van der Waals surface area contributed by atoms with Crippen molar-refractivity contribution in [2.45, 2.75) is 25.9 Å². The molecular weight excluding hydrogens is 289 g/mol. The number of alkyl halides is 5. The van der Waals surface area contributed by atoms with E-state index in [0.29, 0.717) is 6.20 Å². The second-order valence-corrected chi connectivity index (χ2v) is 3.71. The van der Waals surface area contributed by atoms with Crippen LogP contribution in [-0.4, -0.2) is 17.6 Å². The number of aromatic nitrogens is 1. The number of nitrogens with one attached hydrogen (secondary N) is 1. The third-order valence-electron chi connectivity index (χ3n) is 2.33. The van der Waals surface area contributed by atoms with Gasteiger partial charge < -0.3 is 9.72 Å². The first-order valence-corrected chi connectivity index (χ1v) is 5.43. The molecule has 0 bridgehead atoms. The first-order valence-electron chi connectivity index (χ1n) is 5.43. The lowest BCUT2D eigenvalue weighted by atomic mass is 10.1. The SMILES string of the molecule is CCOC(=O)Cc1c[nH]c(C(F)F)c(C(F)(F)F)c1=O. The zero-order valence-corrected chi connectivity index (χ0v) is 10.2. The number of rotatable bonds is 4. The van der Waals surface area contributed by atoms with E-state index in [1.54, 1.807) is 4.98 Å². The molecule has 9 heteroatoms. The highest BCUT2D eigenvalue weighted by Gasteiger charge is 2.40. The van der Waals surface area contributed by atoms with Gasteiger partial charge in [-0.2, -0.15) is 13.2 Å². The van der Waals surface area contributed by atoms with Crippen LogP contribution >= 0.6 is 0 Å². The number of halogens is 5. The van der Waals surface area contributed by atoms with E-state index in [9.17, 15) is 31.5 Å². The molecule has 0 fully saturated rings. The van der Waals surface area contributed by atoms with Crippen LogP contribution in [0.15, 0.2) is 11.0 Å². The van der Waals surface area contributed by atoms with Gasteiger partial charge >= 0.3 is 12.1 Å². The molecule has 4 nitrogen and oxygen atoms in total. The number of pyridine rings is 1. The van der Waals surface area contributed by atoms with Crippen molar-refractivity contribution in [1.29, 1.82) is 0 Å². The summed E-state index contributed by atoms with van der Waals surface area (Å²) < 4.78 is 67.5. The number of ether oxygens (including phenoxy) is 1. The molecule has 112 valence electrons. The van der Waals surface area contributed by atoms with Crippen LogP contribution in [0.3, 0.4) is 0 Å². The highest BCUT2D eigenvalue weighted by Crippen LogP contribution is 2.33. The number of hydrogen-bond acceptors (Lipinski definition) is 3.